The van der Waals surface area contributed by atoms with Gasteiger partial charge in [0.25, 0.3) is 0 Å². The molecule has 1 aliphatic rings. The van der Waals surface area contributed by atoms with Crippen molar-refractivity contribution >= 4 is 5.91 Å². The van der Waals surface area contributed by atoms with Gasteiger partial charge in [-0.1, -0.05) is 13.8 Å². The molecule has 1 fully saturated rings. The van der Waals surface area contributed by atoms with Crippen LogP contribution in [0.3, 0.4) is 0 Å². The fourth-order valence-corrected chi connectivity index (χ4v) is 2.48. The highest BCUT2D eigenvalue weighted by Crippen LogP contribution is 2.22. The van der Waals surface area contributed by atoms with Crippen LogP contribution in [0.5, 0.6) is 0 Å². The molecule has 3 atom stereocenters. The average Bonchev–Trinajstić information content (AvgIpc) is 2.14. The van der Waals surface area contributed by atoms with Crippen molar-refractivity contribution in [2.75, 3.05) is 19.6 Å². The van der Waals surface area contributed by atoms with Gasteiger partial charge in [-0.2, -0.15) is 0 Å². The second-order valence-corrected chi connectivity index (χ2v) is 5.57. The first-order valence-corrected chi connectivity index (χ1v) is 6.32. The number of nitrogens with zero attached hydrogens (tertiary/aromatic N) is 1. The number of hydrogen-bond donors (Lipinski definition) is 3. The van der Waals surface area contributed by atoms with Crippen LogP contribution in [0.25, 0.3) is 0 Å². The number of likely N-dealkylation sites (tertiary alicyclic amines) is 1. The van der Waals surface area contributed by atoms with Crippen LogP contribution in [0.15, 0.2) is 0 Å². The van der Waals surface area contributed by atoms with E-state index in [1.165, 1.54) is 0 Å². The van der Waals surface area contributed by atoms with Crippen molar-refractivity contribution in [3.63, 3.8) is 0 Å². The summed E-state index contributed by atoms with van der Waals surface area (Å²) < 4.78 is 0. The zero-order chi connectivity index (χ0) is 13.0. The van der Waals surface area contributed by atoms with Gasteiger partial charge in [0.1, 0.15) is 0 Å². The lowest BCUT2D eigenvalue weighted by molar-refractivity contribution is -0.119. The van der Waals surface area contributed by atoms with Crippen LogP contribution in [0.1, 0.15) is 26.7 Å². The minimum atomic E-state index is -0.317. The topological polar surface area (TPSA) is 92.6 Å². The molecule has 100 valence electrons. The molecule has 17 heavy (non-hydrogen) atoms. The molecule has 1 aliphatic heterocycles. The van der Waals surface area contributed by atoms with Gasteiger partial charge in [0, 0.05) is 19.1 Å². The molecular formula is C12H25N3O2. The molecule has 0 radical (unpaired) electrons. The largest absolute Gasteiger partial charge is 0.393 e. The minimum absolute atomic E-state index is 0.0764. The van der Waals surface area contributed by atoms with Gasteiger partial charge >= 0.3 is 0 Å². The van der Waals surface area contributed by atoms with Gasteiger partial charge in [0.15, 0.2) is 0 Å². The lowest BCUT2D eigenvalue weighted by Crippen LogP contribution is -2.50. The van der Waals surface area contributed by atoms with Crippen molar-refractivity contribution in [1.29, 1.82) is 0 Å². The molecule has 0 aliphatic carbocycles. The quantitative estimate of drug-likeness (QED) is 0.608. The molecule has 5 heteroatoms. The van der Waals surface area contributed by atoms with Crippen molar-refractivity contribution in [2.24, 2.45) is 23.3 Å². The highest BCUT2D eigenvalue weighted by atomic mass is 16.3. The third kappa shape index (κ3) is 5.02. The summed E-state index contributed by atoms with van der Waals surface area (Å²) in [6, 6.07) is 0.0764. The Morgan fingerprint density at radius 2 is 2.12 bits per heavy atom. The predicted molar refractivity (Wildman–Crippen MR) is 67.2 cm³/mol. The Bertz CT molecular complexity index is 258. The summed E-state index contributed by atoms with van der Waals surface area (Å²) in [5, 5.41) is 9.88. The summed E-state index contributed by atoms with van der Waals surface area (Å²) in [7, 11) is 0. The first-order valence-electron chi connectivity index (χ1n) is 6.32. The molecule has 0 aromatic heterocycles. The van der Waals surface area contributed by atoms with Crippen molar-refractivity contribution in [3.05, 3.63) is 0 Å². The van der Waals surface area contributed by atoms with Gasteiger partial charge in [0.05, 0.1) is 12.6 Å². The van der Waals surface area contributed by atoms with E-state index in [0.717, 1.165) is 25.9 Å². The first kappa shape index (κ1) is 14.4. The fourth-order valence-electron chi connectivity index (χ4n) is 2.48. The van der Waals surface area contributed by atoms with Gasteiger partial charge in [0.2, 0.25) is 5.91 Å². The smallest absolute Gasteiger partial charge is 0.231 e. The molecule has 1 saturated heterocycles. The average molecular weight is 243 g/mol. The first-order chi connectivity index (χ1) is 7.88. The number of piperidine rings is 1. The Hall–Kier alpha value is -0.650. The highest BCUT2D eigenvalue weighted by Gasteiger charge is 2.27. The van der Waals surface area contributed by atoms with Gasteiger partial charge in [-0.15, -0.1) is 0 Å². The SMILES string of the molecule is CC(C)C(O)CC1CC(N)CN(CC(N)=O)C1. The second kappa shape index (κ2) is 6.33. The molecule has 1 heterocycles. The number of nitrogens with two attached hydrogens (primary N) is 2. The maximum Gasteiger partial charge on any atom is 0.231 e. The summed E-state index contributed by atoms with van der Waals surface area (Å²) in [5.41, 5.74) is 11.2. The maximum absolute atomic E-state index is 10.9. The van der Waals surface area contributed by atoms with Gasteiger partial charge in [-0.05, 0) is 24.7 Å². The molecule has 1 rings (SSSR count). The lowest BCUT2D eigenvalue weighted by atomic mass is 9.87. The van der Waals surface area contributed by atoms with Crippen LogP contribution < -0.4 is 11.5 Å². The van der Waals surface area contributed by atoms with Crippen LogP contribution in [0, 0.1) is 11.8 Å². The van der Waals surface area contributed by atoms with Crippen LogP contribution in [-0.2, 0) is 4.79 Å². The summed E-state index contributed by atoms with van der Waals surface area (Å²) in [6.45, 7) is 5.81. The van der Waals surface area contributed by atoms with E-state index >= 15 is 0 Å². The fraction of sp³-hybridized carbons (Fsp3) is 0.917. The van der Waals surface area contributed by atoms with Crippen molar-refractivity contribution in [2.45, 2.75) is 38.8 Å². The third-order valence-corrected chi connectivity index (χ3v) is 3.37. The van der Waals surface area contributed by atoms with Crippen molar-refractivity contribution in [3.8, 4) is 0 Å². The monoisotopic (exact) mass is 243 g/mol. The zero-order valence-corrected chi connectivity index (χ0v) is 10.8. The Kier molecular flexibility index (Phi) is 5.36. The molecule has 3 unspecified atom stereocenters. The van der Waals surface area contributed by atoms with Crippen LogP contribution in [0.4, 0.5) is 0 Å². The highest BCUT2D eigenvalue weighted by molar-refractivity contribution is 5.75. The summed E-state index contributed by atoms with van der Waals surface area (Å²) in [6.07, 6.45) is 1.38. The second-order valence-electron chi connectivity index (χ2n) is 5.57. The van der Waals surface area contributed by atoms with E-state index in [4.69, 9.17) is 11.5 Å². The lowest BCUT2D eigenvalue weighted by Gasteiger charge is -2.36. The Morgan fingerprint density at radius 1 is 1.47 bits per heavy atom. The van der Waals surface area contributed by atoms with E-state index in [-0.39, 0.29) is 30.5 Å². The predicted octanol–water partition coefficient (Wildman–Crippen LogP) is -0.472. The van der Waals surface area contributed by atoms with E-state index in [2.05, 4.69) is 0 Å². The number of carbonyl (C=O) groups is 1. The number of hydrogen-bond acceptors (Lipinski definition) is 4. The number of carbonyl (C=O) groups excluding carboxylic acids is 1. The molecule has 0 saturated carbocycles. The number of aliphatic hydroxyl groups excluding tert-OH is 1. The van der Waals surface area contributed by atoms with Gasteiger partial charge in [-0.25, -0.2) is 0 Å². The number of amides is 1. The van der Waals surface area contributed by atoms with Crippen LogP contribution >= 0.6 is 0 Å². The zero-order valence-electron chi connectivity index (χ0n) is 10.8. The van der Waals surface area contributed by atoms with E-state index in [1.54, 1.807) is 0 Å². The molecule has 5 N–H and O–H groups in total. The van der Waals surface area contributed by atoms with E-state index in [1.807, 2.05) is 18.7 Å². The maximum atomic E-state index is 10.9. The molecule has 0 bridgehead atoms. The van der Waals surface area contributed by atoms with E-state index in [0.29, 0.717) is 5.92 Å². The van der Waals surface area contributed by atoms with Crippen LogP contribution in [-0.4, -0.2) is 47.7 Å². The number of aliphatic hydroxyl groups is 1. The summed E-state index contributed by atoms with van der Waals surface area (Å²) >= 11 is 0. The molecule has 0 spiro atoms. The normalized spacial score (nSPS) is 28.3. The molecule has 5 nitrogen and oxygen atoms in total. The van der Waals surface area contributed by atoms with E-state index in [9.17, 15) is 9.90 Å². The number of rotatable bonds is 5. The van der Waals surface area contributed by atoms with Crippen molar-refractivity contribution in [1.82, 2.24) is 4.90 Å². The van der Waals surface area contributed by atoms with Gasteiger partial charge in [-0.3, -0.25) is 9.69 Å². The summed E-state index contributed by atoms with van der Waals surface area (Å²) in [4.78, 5) is 12.9. The van der Waals surface area contributed by atoms with Crippen molar-refractivity contribution < 1.29 is 9.90 Å². The molecule has 0 aromatic rings. The van der Waals surface area contributed by atoms with Crippen LogP contribution in [0.2, 0.25) is 0 Å². The standard InChI is InChI=1S/C12H25N3O2/c1-8(2)11(16)4-9-3-10(13)6-15(5-9)7-12(14)17/h8-11,16H,3-7,13H2,1-2H3,(H2,14,17). The molecular weight excluding hydrogens is 218 g/mol. The Labute approximate surface area is 103 Å². The Balaban J connectivity index is 2.47. The van der Waals surface area contributed by atoms with Gasteiger partial charge < -0.3 is 16.6 Å². The minimum Gasteiger partial charge on any atom is -0.393 e. The molecule has 0 aromatic carbocycles. The third-order valence-electron chi connectivity index (χ3n) is 3.37. The number of primary amides is 1. The summed E-state index contributed by atoms with van der Waals surface area (Å²) in [5.74, 6) is 0.301. The Morgan fingerprint density at radius 3 is 2.65 bits per heavy atom. The van der Waals surface area contributed by atoms with E-state index < -0.39 is 0 Å². The molecule has 1 amide bonds.